The van der Waals surface area contributed by atoms with Crippen LogP contribution in [0.2, 0.25) is 0 Å². The molecule has 1 heterocycles. The maximum Gasteiger partial charge on any atom is 0.328 e. The third-order valence-corrected chi connectivity index (χ3v) is 2.93. The lowest BCUT2D eigenvalue weighted by atomic mass is 10.1. The zero-order valence-electron chi connectivity index (χ0n) is 10.8. The largest absolute Gasteiger partial charge is 0.493 e. The van der Waals surface area contributed by atoms with Crippen LogP contribution >= 0.6 is 0 Å². The Morgan fingerprint density at radius 1 is 1.33 bits per heavy atom. The number of ether oxygens (including phenoxy) is 3. The van der Waals surface area contributed by atoms with Crippen LogP contribution in [0.4, 0.5) is 5.69 Å². The Bertz CT molecular complexity index is 426. The van der Waals surface area contributed by atoms with Gasteiger partial charge in [-0.3, -0.25) is 0 Å². The molecule has 0 aromatic heterocycles. The Hall–Kier alpha value is -1.91. The number of esters is 1. The molecule has 1 aliphatic heterocycles. The van der Waals surface area contributed by atoms with Gasteiger partial charge >= 0.3 is 5.97 Å². The summed E-state index contributed by atoms with van der Waals surface area (Å²) in [5.41, 5.74) is 1.93. The molecule has 1 aromatic carbocycles. The lowest BCUT2D eigenvalue weighted by molar-refractivity contribution is -0.143. The second kappa shape index (κ2) is 5.16. The summed E-state index contributed by atoms with van der Waals surface area (Å²) in [4.78, 5) is 11.7. The number of carbonyl (C=O) groups is 1. The minimum atomic E-state index is -0.322. The van der Waals surface area contributed by atoms with Gasteiger partial charge in [0.1, 0.15) is 6.04 Å². The van der Waals surface area contributed by atoms with E-state index in [0.29, 0.717) is 24.5 Å². The lowest BCUT2D eigenvalue weighted by Crippen LogP contribution is -2.28. The Labute approximate surface area is 106 Å². The molecular weight excluding hydrogens is 234 g/mol. The summed E-state index contributed by atoms with van der Waals surface area (Å²) < 4.78 is 15.5. The molecule has 0 saturated carbocycles. The lowest BCUT2D eigenvalue weighted by Gasteiger charge is -2.10. The van der Waals surface area contributed by atoms with E-state index < -0.39 is 0 Å². The number of fused-ring (bicyclic) bond motifs is 1. The van der Waals surface area contributed by atoms with Crippen LogP contribution in [-0.4, -0.2) is 32.8 Å². The minimum absolute atomic E-state index is 0.230. The Balaban J connectivity index is 2.21. The van der Waals surface area contributed by atoms with Crippen LogP contribution in [0.25, 0.3) is 0 Å². The summed E-state index contributed by atoms with van der Waals surface area (Å²) in [6.07, 6.45) is 0.606. The maximum absolute atomic E-state index is 11.7. The molecular formula is C13H17NO4. The van der Waals surface area contributed by atoms with E-state index in [-0.39, 0.29) is 12.0 Å². The third kappa shape index (κ3) is 2.20. The van der Waals surface area contributed by atoms with E-state index in [1.807, 2.05) is 12.1 Å². The number of nitrogens with one attached hydrogen (secondary N) is 1. The summed E-state index contributed by atoms with van der Waals surface area (Å²) in [6, 6.07) is 3.41. The zero-order valence-corrected chi connectivity index (χ0v) is 10.8. The highest BCUT2D eigenvalue weighted by molar-refractivity contribution is 5.83. The van der Waals surface area contributed by atoms with Crippen molar-refractivity contribution in [1.29, 1.82) is 0 Å². The van der Waals surface area contributed by atoms with E-state index in [1.165, 1.54) is 0 Å². The highest BCUT2D eigenvalue weighted by atomic mass is 16.5. The first kappa shape index (κ1) is 12.5. The Kier molecular flexibility index (Phi) is 3.60. The fourth-order valence-electron chi connectivity index (χ4n) is 2.07. The smallest absolute Gasteiger partial charge is 0.328 e. The van der Waals surface area contributed by atoms with Crippen LogP contribution < -0.4 is 14.8 Å². The summed E-state index contributed by atoms with van der Waals surface area (Å²) in [7, 11) is 3.18. The molecule has 0 aliphatic carbocycles. The van der Waals surface area contributed by atoms with E-state index in [1.54, 1.807) is 21.1 Å². The van der Waals surface area contributed by atoms with Crippen molar-refractivity contribution in [3.05, 3.63) is 17.7 Å². The molecule has 5 heteroatoms. The van der Waals surface area contributed by atoms with E-state index in [4.69, 9.17) is 14.2 Å². The Morgan fingerprint density at radius 2 is 2.00 bits per heavy atom. The predicted molar refractivity (Wildman–Crippen MR) is 67.3 cm³/mol. The molecule has 0 saturated heterocycles. The van der Waals surface area contributed by atoms with Gasteiger partial charge in [0.05, 0.1) is 20.8 Å². The first-order valence-electron chi connectivity index (χ1n) is 5.87. The van der Waals surface area contributed by atoms with Crippen molar-refractivity contribution in [2.75, 3.05) is 26.1 Å². The molecule has 1 aliphatic rings. The maximum atomic E-state index is 11.7. The van der Waals surface area contributed by atoms with Crippen molar-refractivity contribution < 1.29 is 19.0 Å². The molecule has 1 N–H and O–H groups in total. The van der Waals surface area contributed by atoms with Gasteiger partial charge in [-0.05, 0) is 18.6 Å². The topological polar surface area (TPSA) is 56.8 Å². The number of anilines is 1. The van der Waals surface area contributed by atoms with Crippen molar-refractivity contribution in [2.45, 2.75) is 19.4 Å². The van der Waals surface area contributed by atoms with Gasteiger partial charge in [0.25, 0.3) is 0 Å². The molecule has 0 spiro atoms. The summed E-state index contributed by atoms with van der Waals surface area (Å²) in [5, 5.41) is 3.13. The Morgan fingerprint density at radius 3 is 2.61 bits per heavy atom. The SMILES string of the molecule is CCOC(=O)C1Cc2cc(OC)c(OC)cc2N1. The van der Waals surface area contributed by atoms with Crippen LogP contribution in [0.5, 0.6) is 11.5 Å². The second-order valence-electron chi connectivity index (χ2n) is 4.02. The number of hydrogen-bond acceptors (Lipinski definition) is 5. The molecule has 98 valence electrons. The molecule has 5 nitrogen and oxygen atoms in total. The molecule has 0 fully saturated rings. The number of hydrogen-bond donors (Lipinski definition) is 1. The molecule has 0 radical (unpaired) electrons. The minimum Gasteiger partial charge on any atom is -0.493 e. The van der Waals surface area contributed by atoms with E-state index in [0.717, 1.165) is 11.3 Å². The van der Waals surface area contributed by atoms with Crippen molar-refractivity contribution in [3.8, 4) is 11.5 Å². The van der Waals surface area contributed by atoms with Gasteiger partial charge in [-0.15, -0.1) is 0 Å². The van der Waals surface area contributed by atoms with Gasteiger partial charge in [0, 0.05) is 18.2 Å². The number of methoxy groups -OCH3 is 2. The van der Waals surface area contributed by atoms with Crippen LogP contribution in [0.15, 0.2) is 12.1 Å². The third-order valence-electron chi connectivity index (χ3n) is 2.93. The summed E-state index contributed by atoms with van der Waals surface area (Å²) in [6.45, 7) is 2.19. The van der Waals surface area contributed by atoms with Gasteiger partial charge in [0.2, 0.25) is 0 Å². The average Bonchev–Trinajstić information content (AvgIpc) is 2.80. The molecule has 1 atom stereocenters. The van der Waals surface area contributed by atoms with Crippen LogP contribution in [-0.2, 0) is 16.0 Å². The highest BCUT2D eigenvalue weighted by Crippen LogP contribution is 2.37. The van der Waals surface area contributed by atoms with Gasteiger partial charge < -0.3 is 19.5 Å². The highest BCUT2D eigenvalue weighted by Gasteiger charge is 2.29. The first-order chi connectivity index (χ1) is 8.69. The summed E-state index contributed by atoms with van der Waals surface area (Å²) >= 11 is 0. The fourth-order valence-corrected chi connectivity index (χ4v) is 2.07. The standard InChI is InChI=1S/C13H17NO4/c1-4-18-13(15)10-5-8-6-11(16-2)12(17-3)7-9(8)14-10/h6-7,10,14H,4-5H2,1-3H3. The molecule has 1 aromatic rings. The summed E-state index contributed by atoms with van der Waals surface area (Å²) in [5.74, 6) is 1.09. The first-order valence-corrected chi connectivity index (χ1v) is 5.87. The number of carbonyl (C=O) groups excluding carboxylic acids is 1. The molecule has 0 amide bonds. The zero-order chi connectivity index (χ0) is 13.1. The average molecular weight is 251 g/mol. The normalized spacial score (nSPS) is 16.7. The van der Waals surface area contributed by atoms with Crippen molar-refractivity contribution in [1.82, 2.24) is 0 Å². The van der Waals surface area contributed by atoms with Gasteiger partial charge in [-0.2, -0.15) is 0 Å². The monoisotopic (exact) mass is 251 g/mol. The van der Waals surface area contributed by atoms with Crippen molar-refractivity contribution in [3.63, 3.8) is 0 Å². The predicted octanol–water partition coefficient (Wildman–Crippen LogP) is 1.60. The number of benzene rings is 1. The van der Waals surface area contributed by atoms with Gasteiger partial charge in [0.15, 0.2) is 11.5 Å². The quantitative estimate of drug-likeness (QED) is 0.824. The molecule has 2 rings (SSSR count). The van der Waals surface area contributed by atoms with Gasteiger partial charge in [-0.25, -0.2) is 4.79 Å². The second-order valence-corrected chi connectivity index (χ2v) is 4.02. The molecule has 18 heavy (non-hydrogen) atoms. The van der Waals surface area contributed by atoms with Crippen LogP contribution in [0, 0.1) is 0 Å². The van der Waals surface area contributed by atoms with E-state index in [2.05, 4.69) is 5.32 Å². The van der Waals surface area contributed by atoms with Crippen LogP contribution in [0.1, 0.15) is 12.5 Å². The van der Waals surface area contributed by atoms with E-state index >= 15 is 0 Å². The van der Waals surface area contributed by atoms with E-state index in [9.17, 15) is 4.79 Å². The van der Waals surface area contributed by atoms with Crippen LogP contribution in [0.3, 0.4) is 0 Å². The van der Waals surface area contributed by atoms with Crippen molar-refractivity contribution >= 4 is 11.7 Å². The molecule has 0 bridgehead atoms. The van der Waals surface area contributed by atoms with Crippen molar-refractivity contribution in [2.24, 2.45) is 0 Å². The number of rotatable bonds is 4. The van der Waals surface area contributed by atoms with Gasteiger partial charge in [-0.1, -0.05) is 0 Å². The fraction of sp³-hybridized carbons (Fsp3) is 0.462. The molecule has 1 unspecified atom stereocenters.